The van der Waals surface area contributed by atoms with Gasteiger partial charge in [-0.3, -0.25) is 14.5 Å². The third kappa shape index (κ3) is 2.36. The number of fused-ring (bicyclic) bond motifs is 2. The summed E-state index contributed by atoms with van der Waals surface area (Å²) in [4.78, 5) is 32.5. The molecule has 0 aliphatic carbocycles. The van der Waals surface area contributed by atoms with Crippen molar-refractivity contribution in [1.29, 1.82) is 0 Å². The first kappa shape index (κ1) is 16.4. The number of aryl methyl sites for hydroxylation is 1. The first-order valence-corrected chi connectivity index (χ1v) is 9.02. The van der Waals surface area contributed by atoms with Crippen LogP contribution in [0.1, 0.15) is 33.3 Å². The number of amides is 1. The number of carbonyl (C=O) groups is 1. The van der Waals surface area contributed by atoms with Crippen molar-refractivity contribution in [3.63, 3.8) is 0 Å². The van der Waals surface area contributed by atoms with Crippen LogP contribution in [0, 0.1) is 6.92 Å². The summed E-state index contributed by atoms with van der Waals surface area (Å²) in [6.45, 7) is 2.00. The normalized spacial score (nSPS) is 15.8. The van der Waals surface area contributed by atoms with Crippen LogP contribution in [0.4, 0.5) is 5.82 Å². The summed E-state index contributed by atoms with van der Waals surface area (Å²) in [5, 5.41) is 0.467. The average Bonchev–Trinajstić information content (AvgIpc) is 3.02. The number of hydrogen-bond acceptors (Lipinski definition) is 4. The Morgan fingerprint density at radius 1 is 0.929 bits per heavy atom. The molecule has 5 nitrogen and oxygen atoms in total. The quantitative estimate of drug-likeness (QED) is 0.531. The summed E-state index contributed by atoms with van der Waals surface area (Å²) in [6.07, 6.45) is 1.63. The fourth-order valence-corrected chi connectivity index (χ4v) is 3.72. The summed E-state index contributed by atoms with van der Waals surface area (Å²) in [7, 11) is 0. The van der Waals surface area contributed by atoms with Crippen LogP contribution in [0.3, 0.4) is 0 Å². The molecule has 1 amide bonds. The Kier molecular flexibility index (Phi) is 3.62. The maximum Gasteiger partial charge on any atom is 0.296 e. The molecule has 1 aliphatic rings. The standard InChI is InChI=1S/C23H16N2O3/c1-14-9-11-15(12-10-14)20-19-21(26)16-6-2-3-7-17(16)28-22(19)23(27)25(20)18-8-4-5-13-24-18/h2-13,20H,1H3. The minimum atomic E-state index is -0.584. The van der Waals surface area contributed by atoms with Crippen LogP contribution in [-0.4, -0.2) is 10.9 Å². The Bertz CT molecular complexity index is 1260. The molecular formula is C23H16N2O3. The van der Waals surface area contributed by atoms with E-state index in [1.807, 2.05) is 37.3 Å². The fraction of sp³-hybridized carbons (Fsp3) is 0.0870. The van der Waals surface area contributed by atoms with Crippen molar-refractivity contribution in [3.8, 4) is 0 Å². The van der Waals surface area contributed by atoms with Crippen LogP contribution in [0.5, 0.6) is 0 Å². The molecule has 1 atom stereocenters. The number of pyridine rings is 1. The van der Waals surface area contributed by atoms with Gasteiger partial charge >= 0.3 is 0 Å². The molecule has 0 radical (unpaired) electrons. The Hall–Kier alpha value is -3.73. The number of carbonyl (C=O) groups excluding carboxylic acids is 1. The van der Waals surface area contributed by atoms with E-state index in [1.54, 1.807) is 47.5 Å². The zero-order chi connectivity index (χ0) is 19.3. The fourth-order valence-electron chi connectivity index (χ4n) is 3.72. The van der Waals surface area contributed by atoms with Gasteiger partial charge < -0.3 is 4.42 Å². The van der Waals surface area contributed by atoms with Gasteiger partial charge in [0.05, 0.1) is 17.0 Å². The molecule has 1 aliphatic heterocycles. The predicted octanol–water partition coefficient (Wildman–Crippen LogP) is 4.25. The highest BCUT2D eigenvalue weighted by Crippen LogP contribution is 2.40. The van der Waals surface area contributed by atoms with E-state index in [0.29, 0.717) is 22.4 Å². The Balaban J connectivity index is 1.83. The van der Waals surface area contributed by atoms with Gasteiger partial charge in [0.15, 0.2) is 5.43 Å². The molecule has 0 bridgehead atoms. The van der Waals surface area contributed by atoms with Gasteiger partial charge in [-0.2, -0.15) is 0 Å². The van der Waals surface area contributed by atoms with E-state index in [-0.39, 0.29) is 17.1 Å². The second kappa shape index (κ2) is 6.16. The van der Waals surface area contributed by atoms with Crippen LogP contribution in [0.25, 0.3) is 11.0 Å². The van der Waals surface area contributed by atoms with Crippen molar-refractivity contribution < 1.29 is 9.21 Å². The molecule has 0 saturated carbocycles. The number of aromatic nitrogens is 1. The lowest BCUT2D eigenvalue weighted by atomic mass is 9.98. The van der Waals surface area contributed by atoms with Crippen molar-refractivity contribution in [1.82, 2.24) is 4.98 Å². The Morgan fingerprint density at radius 3 is 2.43 bits per heavy atom. The smallest absolute Gasteiger partial charge is 0.296 e. The third-order valence-electron chi connectivity index (χ3n) is 5.07. The van der Waals surface area contributed by atoms with Gasteiger partial charge in [0.2, 0.25) is 5.76 Å². The zero-order valence-corrected chi connectivity index (χ0v) is 15.1. The molecule has 28 heavy (non-hydrogen) atoms. The van der Waals surface area contributed by atoms with Crippen LogP contribution in [-0.2, 0) is 0 Å². The van der Waals surface area contributed by atoms with E-state index in [0.717, 1.165) is 11.1 Å². The number of nitrogens with zero attached hydrogens (tertiary/aromatic N) is 2. The van der Waals surface area contributed by atoms with Gasteiger partial charge in [-0.1, -0.05) is 48.0 Å². The Labute approximate surface area is 160 Å². The maximum absolute atomic E-state index is 13.3. The number of rotatable bonds is 2. The molecular weight excluding hydrogens is 352 g/mol. The first-order chi connectivity index (χ1) is 13.6. The molecule has 136 valence electrons. The largest absolute Gasteiger partial charge is 0.450 e. The molecule has 0 N–H and O–H groups in total. The second-order valence-electron chi connectivity index (χ2n) is 6.85. The minimum Gasteiger partial charge on any atom is -0.450 e. The molecule has 0 fully saturated rings. The molecule has 5 heteroatoms. The van der Waals surface area contributed by atoms with Gasteiger partial charge in [0, 0.05) is 6.20 Å². The van der Waals surface area contributed by atoms with Crippen molar-refractivity contribution in [2.45, 2.75) is 13.0 Å². The minimum absolute atomic E-state index is 0.0833. The van der Waals surface area contributed by atoms with Crippen molar-refractivity contribution >= 4 is 22.7 Å². The lowest BCUT2D eigenvalue weighted by Crippen LogP contribution is -2.30. The van der Waals surface area contributed by atoms with Crippen LogP contribution in [0.2, 0.25) is 0 Å². The van der Waals surface area contributed by atoms with Crippen molar-refractivity contribution in [3.05, 3.63) is 106 Å². The van der Waals surface area contributed by atoms with E-state index >= 15 is 0 Å². The molecule has 3 heterocycles. The average molecular weight is 368 g/mol. The zero-order valence-electron chi connectivity index (χ0n) is 15.1. The van der Waals surface area contributed by atoms with E-state index in [4.69, 9.17) is 4.42 Å². The molecule has 2 aromatic heterocycles. The van der Waals surface area contributed by atoms with Gasteiger partial charge in [-0.05, 0) is 36.8 Å². The molecule has 1 unspecified atom stereocenters. The summed E-state index contributed by atoms with van der Waals surface area (Å²) < 4.78 is 5.91. The highest BCUT2D eigenvalue weighted by molar-refractivity contribution is 6.10. The summed E-state index contributed by atoms with van der Waals surface area (Å²) >= 11 is 0. The highest BCUT2D eigenvalue weighted by Gasteiger charge is 2.44. The molecule has 0 saturated heterocycles. The molecule has 0 spiro atoms. The first-order valence-electron chi connectivity index (χ1n) is 9.02. The van der Waals surface area contributed by atoms with E-state index < -0.39 is 6.04 Å². The van der Waals surface area contributed by atoms with Gasteiger partial charge in [0.25, 0.3) is 5.91 Å². The molecule has 5 rings (SSSR count). The van der Waals surface area contributed by atoms with E-state index in [1.165, 1.54) is 0 Å². The number of benzene rings is 2. The SMILES string of the molecule is Cc1ccc(C2c3c(oc4ccccc4c3=O)C(=O)N2c2ccccn2)cc1. The number of para-hydroxylation sites is 1. The van der Waals surface area contributed by atoms with Crippen LogP contribution in [0.15, 0.2) is 82.1 Å². The number of hydrogen-bond donors (Lipinski definition) is 0. The Morgan fingerprint density at radius 2 is 1.68 bits per heavy atom. The lowest BCUT2D eigenvalue weighted by Gasteiger charge is -2.24. The van der Waals surface area contributed by atoms with Crippen molar-refractivity contribution in [2.75, 3.05) is 4.90 Å². The van der Waals surface area contributed by atoms with Gasteiger partial charge in [0.1, 0.15) is 11.4 Å². The van der Waals surface area contributed by atoms with E-state index in [2.05, 4.69) is 4.98 Å². The summed E-state index contributed by atoms with van der Waals surface area (Å²) in [6, 6.07) is 19.6. The van der Waals surface area contributed by atoms with Crippen LogP contribution < -0.4 is 10.3 Å². The highest BCUT2D eigenvalue weighted by atomic mass is 16.3. The van der Waals surface area contributed by atoms with Crippen molar-refractivity contribution in [2.24, 2.45) is 0 Å². The van der Waals surface area contributed by atoms with Crippen LogP contribution >= 0.6 is 0 Å². The van der Waals surface area contributed by atoms with Gasteiger partial charge in [-0.25, -0.2) is 4.98 Å². The number of anilines is 1. The second-order valence-corrected chi connectivity index (χ2v) is 6.85. The summed E-state index contributed by atoms with van der Waals surface area (Å²) in [5.74, 6) is 0.204. The third-order valence-corrected chi connectivity index (χ3v) is 5.07. The topological polar surface area (TPSA) is 63.4 Å². The molecule has 2 aromatic carbocycles. The predicted molar refractivity (Wildman–Crippen MR) is 107 cm³/mol. The van der Waals surface area contributed by atoms with E-state index in [9.17, 15) is 9.59 Å². The van der Waals surface area contributed by atoms with Gasteiger partial charge in [-0.15, -0.1) is 0 Å². The molecule has 4 aromatic rings. The summed E-state index contributed by atoms with van der Waals surface area (Å²) in [5.41, 5.74) is 2.52. The maximum atomic E-state index is 13.3. The monoisotopic (exact) mass is 368 g/mol. The lowest BCUT2D eigenvalue weighted by molar-refractivity contribution is 0.0970.